The molecule has 1 aromatic rings. The second-order valence-electron chi connectivity index (χ2n) is 5.40. The lowest BCUT2D eigenvalue weighted by atomic mass is 10.1. The summed E-state index contributed by atoms with van der Waals surface area (Å²) in [6.45, 7) is 7.29. The maximum absolute atomic E-state index is 5.98. The minimum Gasteiger partial charge on any atom is -0.490 e. The van der Waals surface area contributed by atoms with Gasteiger partial charge in [0.15, 0.2) is 0 Å². The fourth-order valence-corrected chi connectivity index (χ4v) is 2.29. The molecule has 1 aliphatic rings. The predicted molar refractivity (Wildman–Crippen MR) is 76.5 cm³/mol. The Balaban J connectivity index is 2.00. The molecule has 1 saturated heterocycles. The van der Waals surface area contributed by atoms with Crippen molar-refractivity contribution in [1.82, 2.24) is 4.90 Å². The molecule has 0 bridgehead atoms. The number of morpholine rings is 1. The number of rotatable bonds is 4. The van der Waals surface area contributed by atoms with E-state index in [9.17, 15) is 0 Å². The lowest BCUT2D eigenvalue weighted by Crippen LogP contribution is -2.42. The third-order valence-corrected chi connectivity index (χ3v) is 3.43. The lowest BCUT2D eigenvalue weighted by molar-refractivity contribution is -0.0405. The average Bonchev–Trinajstić information content (AvgIpc) is 2.36. The Morgan fingerprint density at radius 3 is 3.00 bits per heavy atom. The Morgan fingerprint density at radius 1 is 1.53 bits per heavy atom. The first-order chi connectivity index (χ1) is 9.06. The van der Waals surface area contributed by atoms with Gasteiger partial charge in [0.1, 0.15) is 18.5 Å². The molecule has 0 aliphatic carbocycles. The summed E-state index contributed by atoms with van der Waals surface area (Å²) in [6.07, 6.45) is 0.139. The van der Waals surface area contributed by atoms with Crippen LogP contribution in [0.5, 0.6) is 5.75 Å². The third kappa shape index (κ3) is 3.93. The zero-order valence-electron chi connectivity index (χ0n) is 12.1. The molecule has 0 saturated carbocycles. The standard InChI is InChI=1S/C15H24N2O2/c1-11-4-5-14(12(2)16)15(8-11)19-10-13-9-17(3)6-7-18-13/h4-5,8,12-13H,6-7,9-10,16H2,1-3H3/t12-,13?/m1/s1. The van der Waals surface area contributed by atoms with E-state index in [4.69, 9.17) is 15.2 Å². The molecule has 106 valence electrons. The van der Waals surface area contributed by atoms with Crippen LogP contribution in [-0.4, -0.2) is 44.4 Å². The average molecular weight is 264 g/mol. The largest absolute Gasteiger partial charge is 0.490 e. The van der Waals surface area contributed by atoms with Gasteiger partial charge in [0, 0.05) is 24.7 Å². The van der Waals surface area contributed by atoms with Crippen molar-refractivity contribution in [2.24, 2.45) is 5.73 Å². The molecule has 0 spiro atoms. The Bertz CT molecular complexity index is 421. The molecule has 0 aromatic heterocycles. The molecule has 4 nitrogen and oxygen atoms in total. The number of likely N-dealkylation sites (N-methyl/N-ethyl adjacent to an activating group) is 1. The van der Waals surface area contributed by atoms with Gasteiger partial charge in [0.05, 0.1) is 6.61 Å². The molecule has 2 atom stereocenters. The maximum atomic E-state index is 5.98. The number of hydrogen-bond donors (Lipinski definition) is 1. The molecule has 1 fully saturated rings. The normalized spacial score (nSPS) is 22.2. The Labute approximate surface area is 115 Å². The van der Waals surface area contributed by atoms with Gasteiger partial charge in [-0.3, -0.25) is 0 Å². The van der Waals surface area contributed by atoms with Gasteiger partial charge in [-0.1, -0.05) is 12.1 Å². The quantitative estimate of drug-likeness (QED) is 0.899. The summed E-state index contributed by atoms with van der Waals surface area (Å²) >= 11 is 0. The number of nitrogens with zero attached hydrogens (tertiary/aromatic N) is 1. The molecular weight excluding hydrogens is 240 g/mol. The topological polar surface area (TPSA) is 47.7 Å². The van der Waals surface area contributed by atoms with Gasteiger partial charge in [-0.15, -0.1) is 0 Å². The highest BCUT2D eigenvalue weighted by molar-refractivity contribution is 5.38. The molecule has 1 aromatic carbocycles. The van der Waals surface area contributed by atoms with Crippen LogP contribution >= 0.6 is 0 Å². The molecule has 2 N–H and O–H groups in total. The minimum absolute atomic E-state index is 0.0226. The summed E-state index contributed by atoms with van der Waals surface area (Å²) < 4.78 is 11.6. The fraction of sp³-hybridized carbons (Fsp3) is 0.600. The van der Waals surface area contributed by atoms with Crippen molar-refractivity contribution in [2.45, 2.75) is 26.0 Å². The van der Waals surface area contributed by atoms with E-state index in [1.165, 1.54) is 5.56 Å². The molecule has 4 heteroatoms. The van der Waals surface area contributed by atoms with Crippen LogP contribution in [0.25, 0.3) is 0 Å². The van der Waals surface area contributed by atoms with Crippen molar-refractivity contribution in [3.8, 4) is 5.75 Å². The van der Waals surface area contributed by atoms with Crippen molar-refractivity contribution >= 4 is 0 Å². The van der Waals surface area contributed by atoms with Gasteiger partial charge in [-0.05, 0) is 32.5 Å². The van der Waals surface area contributed by atoms with Crippen LogP contribution in [0.2, 0.25) is 0 Å². The first-order valence-electron chi connectivity index (χ1n) is 6.85. The highest BCUT2D eigenvalue weighted by atomic mass is 16.5. The van der Waals surface area contributed by atoms with E-state index in [0.717, 1.165) is 31.0 Å². The molecule has 2 rings (SSSR count). The van der Waals surface area contributed by atoms with Crippen molar-refractivity contribution in [1.29, 1.82) is 0 Å². The molecule has 1 aliphatic heterocycles. The van der Waals surface area contributed by atoms with E-state index >= 15 is 0 Å². The van der Waals surface area contributed by atoms with E-state index in [1.807, 2.05) is 19.1 Å². The second-order valence-corrected chi connectivity index (χ2v) is 5.40. The third-order valence-electron chi connectivity index (χ3n) is 3.43. The zero-order chi connectivity index (χ0) is 13.8. The van der Waals surface area contributed by atoms with E-state index in [0.29, 0.717) is 6.61 Å². The van der Waals surface area contributed by atoms with Gasteiger partial charge in [-0.25, -0.2) is 0 Å². The number of benzene rings is 1. The summed E-state index contributed by atoms with van der Waals surface area (Å²) in [5, 5.41) is 0. The van der Waals surface area contributed by atoms with Crippen LogP contribution in [0, 0.1) is 6.92 Å². The number of aryl methyl sites for hydroxylation is 1. The molecule has 0 amide bonds. The van der Waals surface area contributed by atoms with E-state index in [-0.39, 0.29) is 12.1 Å². The number of hydrogen-bond acceptors (Lipinski definition) is 4. The van der Waals surface area contributed by atoms with Crippen LogP contribution in [-0.2, 0) is 4.74 Å². The number of nitrogens with two attached hydrogens (primary N) is 1. The highest BCUT2D eigenvalue weighted by Gasteiger charge is 2.19. The summed E-state index contributed by atoms with van der Waals surface area (Å²) in [5.41, 5.74) is 8.21. The van der Waals surface area contributed by atoms with Crippen LogP contribution in [0.1, 0.15) is 24.1 Å². The van der Waals surface area contributed by atoms with E-state index in [2.05, 4.69) is 24.9 Å². The predicted octanol–water partition coefficient (Wildman–Crippen LogP) is 1.72. The zero-order valence-corrected chi connectivity index (χ0v) is 12.1. The SMILES string of the molecule is Cc1ccc([C@@H](C)N)c(OCC2CN(C)CCO2)c1. The maximum Gasteiger partial charge on any atom is 0.124 e. The van der Waals surface area contributed by atoms with Gasteiger partial charge < -0.3 is 20.1 Å². The Kier molecular flexibility index (Phi) is 4.80. The first kappa shape index (κ1) is 14.3. The van der Waals surface area contributed by atoms with Crippen molar-refractivity contribution in [3.05, 3.63) is 29.3 Å². The van der Waals surface area contributed by atoms with Crippen LogP contribution in [0.4, 0.5) is 0 Å². The highest BCUT2D eigenvalue weighted by Crippen LogP contribution is 2.25. The van der Waals surface area contributed by atoms with Crippen LogP contribution in [0.15, 0.2) is 18.2 Å². The monoisotopic (exact) mass is 264 g/mol. The summed E-state index contributed by atoms with van der Waals surface area (Å²) in [7, 11) is 2.11. The number of ether oxygens (including phenoxy) is 2. The summed E-state index contributed by atoms with van der Waals surface area (Å²) in [5.74, 6) is 0.881. The lowest BCUT2D eigenvalue weighted by Gasteiger charge is -2.30. The molecule has 1 unspecified atom stereocenters. The Morgan fingerprint density at radius 2 is 2.32 bits per heavy atom. The van der Waals surface area contributed by atoms with Crippen LogP contribution < -0.4 is 10.5 Å². The summed E-state index contributed by atoms with van der Waals surface area (Å²) in [6, 6.07) is 6.13. The van der Waals surface area contributed by atoms with Crippen molar-refractivity contribution in [3.63, 3.8) is 0 Å². The van der Waals surface area contributed by atoms with Crippen molar-refractivity contribution in [2.75, 3.05) is 33.4 Å². The fourth-order valence-electron chi connectivity index (χ4n) is 2.29. The first-order valence-corrected chi connectivity index (χ1v) is 6.85. The van der Waals surface area contributed by atoms with Gasteiger partial charge in [0.25, 0.3) is 0 Å². The molecule has 1 heterocycles. The Hall–Kier alpha value is -1.10. The second kappa shape index (κ2) is 6.37. The molecular formula is C15H24N2O2. The molecule has 0 radical (unpaired) electrons. The van der Waals surface area contributed by atoms with Crippen LogP contribution in [0.3, 0.4) is 0 Å². The van der Waals surface area contributed by atoms with Crippen molar-refractivity contribution < 1.29 is 9.47 Å². The summed E-state index contributed by atoms with van der Waals surface area (Å²) in [4.78, 5) is 2.26. The van der Waals surface area contributed by atoms with E-state index < -0.39 is 0 Å². The van der Waals surface area contributed by atoms with Gasteiger partial charge in [-0.2, -0.15) is 0 Å². The van der Waals surface area contributed by atoms with Gasteiger partial charge in [0.2, 0.25) is 0 Å². The van der Waals surface area contributed by atoms with Gasteiger partial charge >= 0.3 is 0 Å². The molecule has 19 heavy (non-hydrogen) atoms. The minimum atomic E-state index is -0.0226. The van der Waals surface area contributed by atoms with E-state index in [1.54, 1.807) is 0 Å². The smallest absolute Gasteiger partial charge is 0.124 e.